The third kappa shape index (κ3) is 5.61. The van der Waals surface area contributed by atoms with Gasteiger partial charge in [0, 0.05) is 5.56 Å². The molecule has 0 aliphatic rings. The average Bonchev–Trinajstić information content (AvgIpc) is 2.53. The van der Waals surface area contributed by atoms with Gasteiger partial charge in [0.05, 0.1) is 26.4 Å². The summed E-state index contributed by atoms with van der Waals surface area (Å²) in [5.74, 6) is -1.04. The van der Waals surface area contributed by atoms with Crippen LogP contribution in [0.3, 0.4) is 0 Å². The van der Waals surface area contributed by atoms with Gasteiger partial charge in [-0.15, -0.1) is 0 Å². The number of carbonyl (C=O) groups is 1. The molecule has 122 valence electrons. The van der Waals surface area contributed by atoms with E-state index in [1.807, 2.05) is 27.7 Å². The van der Waals surface area contributed by atoms with Crippen LogP contribution in [0.25, 0.3) is 0 Å². The molecule has 0 aliphatic heterocycles. The number of hydrogen-bond donors (Lipinski definition) is 0. The van der Waals surface area contributed by atoms with Crippen molar-refractivity contribution in [1.82, 2.24) is 0 Å². The summed E-state index contributed by atoms with van der Waals surface area (Å²) in [6.45, 7) is 11.4. The second kappa shape index (κ2) is 12.0. The van der Waals surface area contributed by atoms with Gasteiger partial charge in [-0.05, 0) is 19.9 Å². The molecule has 0 saturated carbocycles. The smallest absolute Gasteiger partial charge is 0.338 e. The third-order valence-electron chi connectivity index (χ3n) is 2.35. The summed E-state index contributed by atoms with van der Waals surface area (Å²) in [5, 5.41) is 0. The zero-order valence-electron chi connectivity index (χ0n) is 14.3. The summed E-state index contributed by atoms with van der Waals surface area (Å²) in [6, 6.07) is 1.41. The first-order valence-corrected chi connectivity index (χ1v) is 7.15. The van der Waals surface area contributed by atoms with Crippen molar-refractivity contribution in [1.29, 1.82) is 0 Å². The molecule has 0 N–H and O–H groups in total. The van der Waals surface area contributed by atoms with Crippen molar-refractivity contribution in [3.8, 4) is 11.5 Å². The Labute approximate surface area is 127 Å². The van der Waals surface area contributed by atoms with E-state index in [0.717, 1.165) is 0 Å². The third-order valence-corrected chi connectivity index (χ3v) is 2.35. The Morgan fingerprint density at radius 1 is 1.14 bits per heavy atom. The van der Waals surface area contributed by atoms with Crippen molar-refractivity contribution in [3.63, 3.8) is 0 Å². The van der Waals surface area contributed by atoms with Crippen LogP contribution in [0, 0.1) is 12.7 Å². The molecular weight excluding hydrogens is 275 g/mol. The summed E-state index contributed by atoms with van der Waals surface area (Å²) in [6.07, 6.45) is 0. The van der Waals surface area contributed by atoms with Gasteiger partial charge in [-0.3, -0.25) is 0 Å². The molecule has 0 heterocycles. The molecule has 1 rings (SSSR count). The van der Waals surface area contributed by atoms with Gasteiger partial charge in [0.2, 0.25) is 0 Å². The number of carbonyl (C=O) groups excluding carboxylic acids is 1. The molecule has 0 bridgehead atoms. The van der Waals surface area contributed by atoms with Gasteiger partial charge in [0.25, 0.3) is 0 Å². The van der Waals surface area contributed by atoms with E-state index >= 15 is 0 Å². The topological polar surface area (TPSA) is 44.8 Å². The van der Waals surface area contributed by atoms with E-state index < -0.39 is 11.8 Å². The van der Waals surface area contributed by atoms with Crippen LogP contribution in [0.1, 0.15) is 50.5 Å². The molecule has 0 aromatic heterocycles. The van der Waals surface area contributed by atoms with E-state index in [2.05, 4.69) is 0 Å². The van der Waals surface area contributed by atoms with E-state index in [9.17, 15) is 9.18 Å². The van der Waals surface area contributed by atoms with Gasteiger partial charge < -0.3 is 14.2 Å². The second-order valence-electron chi connectivity index (χ2n) is 3.32. The molecule has 4 nitrogen and oxygen atoms in total. The Bertz CT molecular complexity index is 431. The van der Waals surface area contributed by atoms with Crippen molar-refractivity contribution in [2.45, 2.75) is 41.5 Å². The van der Waals surface area contributed by atoms with Crippen LogP contribution in [0.2, 0.25) is 0 Å². The van der Waals surface area contributed by atoms with Crippen LogP contribution >= 0.6 is 0 Å². The molecule has 0 amide bonds. The van der Waals surface area contributed by atoms with Crippen LogP contribution in [-0.4, -0.2) is 26.8 Å². The lowest BCUT2D eigenvalue weighted by molar-refractivity contribution is 0.0524. The molecule has 21 heavy (non-hydrogen) atoms. The van der Waals surface area contributed by atoms with Crippen molar-refractivity contribution < 1.29 is 23.4 Å². The van der Waals surface area contributed by atoms with Gasteiger partial charge in [-0.2, -0.15) is 0 Å². The zero-order chi connectivity index (χ0) is 17.0. The van der Waals surface area contributed by atoms with Crippen molar-refractivity contribution >= 4 is 5.97 Å². The largest absolute Gasteiger partial charge is 0.493 e. The summed E-state index contributed by atoms with van der Waals surface area (Å²) >= 11 is 0. The Morgan fingerprint density at radius 3 is 2.05 bits per heavy atom. The van der Waals surface area contributed by atoms with Crippen LogP contribution in [-0.2, 0) is 4.74 Å². The van der Waals surface area contributed by atoms with Gasteiger partial charge in [-0.25, -0.2) is 9.18 Å². The van der Waals surface area contributed by atoms with Crippen molar-refractivity contribution in [2.75, 3.05) is 20.8 Å². The fourth-order valence-electron chi connectivity index (χ4n) is 1.46. The Balaban J connectivity index is 0. The van der Waals surface area contributed by atoms with Crippen molar-refractivity contribution in [3.05, 3.63) is 23.0 Å². The highest BCUT2D eigenvalue weighted by Crippen LogP contribution is 2.34. The minimum absolute atomic E-state index is 0.0157. The Morgan fingerprint density at radius 2 is 1.67 bits per heavy atom. The summed E-state index contributed by atoms with van der Waals surface area (Å²) in [7, 11) is 2.71. The molecular formula is C16H27FO4. The number of esters is 1. The maximum atomic E-state index is 13.9. The van der Waals surface area contributed by atoms with E-state index in [1.54, 1.807) is 6.92 Å². The highest BCUT2D eigenvalue weighted by molar-refractivity contribution is 5.92. The number of ether oxygens (including phenoxy) is 3. The van der Waals surface area contributed by atoms with E-state index in [1.165, 1.54) is 27.2 Å². The molecule has 1 aromatic carbocycles. The predicted octanol–water partition coefficient (Wildman–Crippen LogP) is 4.38. The molecule has 0 aliphatic carbocycles. The molecule has 0 spiro atoms. The monoisotopic (exact) mass is 302 g/mol. The quantitative estimate of drug-likeness (QED) is 0.774. The second-order valence-corrected chi connectivity index (χ2v) is 3.32. The van der Waals surface area contributed by atoms with Gasteiger partial charge in [0.1, 0.15) is 0 Å². The maximum Gasteiger partial charge on any atom is 0.338 e. The highest BCUT2D eigenvalue weighted by atomic mass is 19.1. The first-order valence-electron chi connectivity index (χ1n) is 7.15. The Hall–Kier alpha value is -1.78. The van der Waals surface area contributed by atoms with E-state index in [-0.39, 0.29) is 29.2 Å². The first-order chi connectivity index (χ1) is 10.1. The minimum atomic E-state index is -0.616. The fraction of sp³-hybridized carbons (Fsp3) is 0.562. The number of benzene rings is 1. The normalized spacial score (nSPS) is 8.62. The zero-order valence-corrected chi connectivity index (χ0v) is 14.3. The molecule has 1 aromatic rings. The van der Waals surface area contributed by atoms with Gasteiger partial charge in [-0.1, -0.05) is 27.7 Å². The number of methoxy groups -OCH3 is 2. The van der Waals surface area contributed by atoms with Gasteiger partial charge >= 0.3 is 5.97 Å². The van der Waals surface area contributed by atoms with Crippen LogP contribution in [0.15, 0.2) is 6.07 Å². The van der Waals surface area contributed by atoms with E-state index in [0.29, 0.717) is 0 Å². The minimum Gasteiger partial charge on any atom is -0.493 e. The predicted molar refractivity (Wildman–Crippen MR) is 82.9 cm³/mol. The van der Waals surface area contributed by atoms with E-state index in [4.69, 9.17) is 14.2 Å². The fourth-order valence-corrected chi connectivity index (χ4v) is 1.46. The van der Waals surface area contributed by atoms with Crippen LogP contribution < -0.4 is 9.47 Å². The number of halogens is 1. The molecule has 0 saturated heterocycles. The SMILES string of the molecule is CC.CC.CCOC(=O)c1cc(OC)c(OC)c(F)c1C. The lowest BCUT2D eigenvalue weighted by Gasteiger charge is -2.13. The summed E-state index contributed by atoms with van der Waals surface area (Å²) < 4.78 is 28.6. The average molecular weight is 302 g/mol. The molecule has 0 fully saturated rings. The maximum absolute atomic E-state index is 13.9. The summed E-state index contributed by atoms with van der Waals surface area (Å²) in [4.78, 5) is 11.6. The summed E-state index contributed by atoms with van der Waals surface area (Å²) in [5.41, 5.74) is 0.322. The molecule has 0 radical (unpaired) electrons. The molecule has 5 heteroatoms. The molecule has 0 atom stereocenters. The number of hydrogen-bond acceptors (Lipinski definition) is 4. The highest BCUT2D eigenvalue weighted by Gasteiger charge is 2.21. The Kier molecular flexibility index (Phi) is 12.3. The lowest BCUT2D eigenvalue weighted by Crippen LogP contribution is -2.09. The van der Waals surface area contributed by atoms with Crippen LogP contribution in [0.4, 0.5) is 4.39 Å². The van der Waals surface area contributed by atoms with Crippen molar-refractivity contribution in [2.24, 2.45) is 0 Å². The lowest BCUT2D eigenvalue weighted by atomic mass is 10.1. The molecule has 0 unspecified atom stereocenters. The first kappa shape index (κ1) is 21.5. The standard InChI is InChI=1S/C12H15FO4.2C2H6/c1-5-17-12(14)8-6-9(15-3)11(16-4)10(13)7(8)2;2*1-2/h6H,5H2,1-4H3;2*1-2H3. The van der Waals surface area contributed by atoms with Gasteiger partial charge in [0.15, 0.2) is 17.3 Å². The van der Waals surface area contributed by atoms with Crippen LogP contribution in [0.5, 0.6) is 11.5 Å². The number of rotatable bonds is 4.